The van der Waals surface area contributed by atoms with Gasteiger partial charge in [-0.25, -0.2) is 9.97 Å². The summed E-state index contributed by atoms with van der Waals surface area (Å²) in [6.45, 7) is 3.62. The molecule has 0 radical (unpaired) electrons. The van der Waals surface area contributed by atoms with E-state index in [2.05, 4.69) is 4.98 Å². The Labute approximate surface area is 165 Å². The molecule has 3 heterocycles. The number of aromatic nitrogens is 2. The highest BCUT2D eigenvalue weighted by atomic mass is 16.2. The van der Waals surface area contributed by atoms with Crippen LogP contribution in [-0.2, 0) is 29.0 Å². The normalized spacial score (nSPS) is 19.2. The Morgan fingerprint density at radius 3 is 2.75 bits per heavy atom. The number of amides is 2. The first kappa shape index (κ1) is 18.6. The van der Waals surface area contributed by atoms with Crippen LogP contribution in [0.25, 0.3) is 0 Å². The first-order valence-corrected chi connectivity index (χ1v) is 10.1. The van der Waals surface area contributed by atoms with Gasteiger partial charge in [0.1, 0.15) is 0 Å². The van der Waals surface area contributed by atoms with Gasteiger partial charge in [-0.2, -0.15) is 0 Å². The molecule has 0 bridgehead atoms. The number of rotatable bonds is 3. The van der Waals surface area contributed by atoms with E-state index in [1.165, 1.54) is 0 Å². The fourth-order valence-corrected chi connectivity index (χ4v) is 4.13. The molecule has 4 rings (SSSR count). The van der Waals surface area contributed by atoms with Crippen LogP contribution < -0.4 is 0 Å². The lowest BCUT2D eigenvalue weighted by Crippen LogP contribution is -2.40. The molecule has 2 aliphatic rings. The molecular weight excluding hydrogens is 352 g/mol. The van der Waals surface area contributed by atoms with Crippen molar-refractivity contribution in [3.05, 3.63) is 59.2 Å². The third kappa shape index (κ3) is 3.91. The monoisotopic (exact) mass is 378 g/mol. The summed E-state index contributed by atoms with van der Waals surface area (Å²) in [5.74, 6) is 0.968. The quantitative estimate of drug-likeness (QED) is 0.824. The van der Waals surface area contributed by atoms with Gasteiger partial charge in [-0.1, -0.05) is 30.3 Å². The molecule has 0 N–H and O–H groups in total. The van der Waals surface area contributed by atoms with E-state index in [4.69, 9.17) is 4.98 Å². The predicted octanol–water partition coefficient (Wildman–Crippen LogP) is 2.68. The molecule has 0 spiro atoms. The second kappa shape index (κ2) is 8.09. The highest BCUT2D eigenvalue weighted by molar-refractivity contribution is 5.79. The van der Waals surface area contributed by atoms with Gasteiger partial charge >= 0.3 is 0 Å². The Morgan fingerprint density at radius 1 is 1.14 bits per heavy atom. The van der Waals surface area contributed by atoms with Gasteiger partial charge in [0.2, 0.25) is 11.8 Å². The fraction of sp³-hybridized carbons (Fsp3) is 0.455. The molecule has 1 saturated heterocycles. The maximum absolute atomic E-state index is 13.0. The van der Waals surface area contributed by atoms with Crippen molar-refractivity contribution in [3.8, 4) is 0 Å². The third-order valence-electron chi connectivity index (χ3n) is 5.72. The minimum Gasteiger partial charge on any atom is -0.338 e. The smallest absolute Gasteiger partial charge is 0.227 e. The van der Waals surface area contributed by atoms with E-state index in [1.807, 2.05) is 46.3 Å². The minimum atomic E-state index is -0.0545. The van der Waals surface area contributed by atoms with Crippen LogP contribution in [0.1, 0.15) is 54.9 Å². The van der Waals surface area contributed by atoms with Crippen LogP contribution in [0.4, 0.5) is 0 Å². The molecular formula is C22H26N4O2. The van der Waals surface area contributed by atoms with Crippen molar-refractivity contribution in [2.75, 3.05) is 13.1 Å². The fourth-order valence-electron chi connectivity index (χ4n) is 4.13. The summed E-state index contributed by atoms with van der Waals surface area (Å²) in [4.78, 5) is 37.8. The maximum Gasteiger partial charge on any atom is 0.227 e. The van der Waals surface area contributed by atoms with Crippen molar-refractivity contribution in [3.63, 3.8) is 0 Å². The van der Waals surface area contributed by atoms with Crippen LogP contribution in [0.3, 0.4) is 0 Å². The number of likely N-dealkylation sites (tertiary alicyclic amines) is 1. The van der Waals surface area contributed by atoms with Gasteiger partial charge in [-0.05, 0) is 24.8 Å². The zero-order valence-corrected chi connectivity index (χ0v) is 16.3. The standard InChI is InChI=1S/C22H26N4O2/c1-16(27)25-12-10-19-18(15-25)14-23-22(24-19)20-9-5-6-11-26(20)21(28)13-17-7-3-2-4-8-17/h2-4,7-8,14,20H,5-6,9-13,15H2,1H3. The number of hydrogen-bond donors (Lipinski definition) is 0. The van der Waals surface area contributed by atoms with Crippen LogP contribution in [0.5, 0.6) is 0 Å². The SMILES string of the molecule is CC(=O)N1CCc2nc(C3CCCCN3C(=O)Cc3ccccc3)ncc2C1. The average molecular weight is 378 g/mol. The molecule has 0 aliphatic carbocycles. The van der Waals surface area contributed by atoms with Crippen LogP contribution in [0.2, 0.25) is 0 Å². The van der Waals surface area contributed by atoms with Gasteiger partial charge in [-0.15, -0.1) is 0 Å². The first-order valence-electron chi connectivity index (χ1n) is 10.1. The topological polar surface area (TPSA) is 66.4 Å². The number of benzene rings is 1. The lowest BCUT2D eigenvalue weighted by molar-refractivity contribution is -0.134. The van der Waals surface area contributed by atoms with Crippen molar-refractivity contribution >= 4 is 11.8 Å². The van der Waals surface area contributed by atoms with E-state index < -0.39 is 0 Å². The Bertz CT molecular complexity index is 868. The van der Waals surface area contributed by atoms with Crippen molar-refractivity contribution in [1.29, 1.82) is 0 Å². The molecule has 1 unspecified atom stereocenters. The Hall–Kier alpha value is -2.76. The molecule has 0 saturated carbocycles. The van der Waals surface area contributed by atoms with E-state index >= 15 is 0 Å². The lowest BCUT2D eigenvalue weighted by atomic mass is 9.99. The molecule has 28 heavy (non-hydrogen) atoms. The summed E-state index contributed by atoms with van der Waals surface area (Å²) in [7, 11) is 0. The van der Waals surface area contributed by atoms with Gasteiger partial charge in [0.05, 0.1) is 18.2 Å². The van der Waals surface area contributed by atoms with Crippen molar-refractivity contribution < 1.29 is 9.59 Å². The molecule has 1 aromatic carbocycles. The molecule has 2 aliphatic heterocycles. The van der Waals surface area contributed by atoms with Crippen LogP contribution in [0.15, 0.2) is 36.5 Å². The van der Waals surface area contributed by atoms with Gasteiger partial charge in [-0.3, -0.25) is 9.59 Å². The van der Waals surface area contributed by atoms with Gasteiger partial charge < -0.3 is 9.80 Å². The predicted molar refractivity (Wildman–Crippen MR) is 105 cm³/mol. The number of piperidine rings is 1. The lowest BCUT2D eigenvalue weighted by Gasteiger charge is -2.35. The van der Waals surface area contributed by atoms with E-state index in [-0.39, 0.29) is 17.9 Å². The van der Waals surface area contributed by atoms with Crippen LogP contribution in [-0.4, -0.2) is 44.7 Å². The summed E-state index contributed by atoms with van der Waals surface area (Å²) < 4.78 is 0. The number of hydrogen-bond acceptors (Lipinski definition) is 4. The number of nitrogens with zero attached hydrogens (tertiary/aromatic N) is 4. The van der Waals surface area contributed by atoms with Crippen molar-refractivity contribution in [2.45, 2.75) is 51.6 Å². The van der Waals surface area contributed by atoms with Crippen LogP contribution in [0, 0.1) is 0 Å². The molecule has 2 amide bonds. The van der Waals surface area contributed by atoms with Gasteiger partial charge in [0, 0.05) is 44.7 Å². The zero-order valence-electron chi connectivity index (χ0n) is 16.3. The highest BCUT2D eigenvalue weighted by Gasteiger charge is 2.31. The third-order valence-corrected chi connectivity index (χ3v) is 5.72. The molecule has 2 aromatic rings. The Kier molecular flexibility index (Phi) is 5.37. The molecule has 1 fully saturated rings. The highest BCUT2D eigenvalue weighted by Crippen LogP contribution is 2.30. The zero-order chi connectivity index (χ0) is 19.5. The van der Waals surface area contributed by atoms with Crippen molar-refractivity contribution in [1.82, 2.24) is 19.8 Å². The van der Waals surface area contributed by atoms with E-state index in [0.717, 1.165) is 54.9 Å². The van der Waals surface area contributed by atoms with Gasteiger partial charge in [0.15, 0.2) is 5.82 Å². The number of carbonyl (C=O) groups excluding carboxylic acids is 2. The van der Waals surface area contributed by atoms with Crippen molar-refractivity contribution in [2.24, 2.45) is 0 Å². The second-order valence-electron chi connectivity index (χ2n) is 7.65. The molecule has 6 heteroatoms. The molecule has 1 aromatic heterocycles. The first-order chi connectivity index (χ1) is 13.6. The molecule has 1 atom stereocenters. The van der Waals surface area contributed by atoms with E-state index in [9.17, 15) is 9.59 Å². The number of carbonyl (C=O) groups is 2. The van der Waals surface area contributed by atoms with Gasteiger partial charge in [0.25, 0.3) is 0 Å². The Morgan fingerprint density at radius 2 is 1.96 bits per heavy atom. The summed E-state index contributed by atoms with van der Waals surface area (Å²) >= 11 is 0. The Balaban J connectivity index is 1.53. The second-order valence-corrected chi connectivity index (χ2v) is 7.65. The van der Waals surface area contributed by atoms with Crippen LogP contribution >= 0.6 is 0 Å². The number of fused-ring (bicyclic) bond motifs is 1. The van der Waals surface area contributed by atoms with E-state index in [1.54, 1.807) is 6.92 Å². The summed E-state index contributed by atoms with van der Waals surface area (Å²) in [6.07, 6.45) is 6.01. The maximum atomic E-state index is 13.0. The average Bonchev–Trinajstić information content (AvgIpc) is 2.73. The summed E-state index contributed by atoms with van der Waals surface area (Å²) in [5, 5.41) is 0. The van der Waals surface area contributed by atoms with E-state index in [0.29, 0.717) is 19.5 Å². The summed E-state index contributed by atoms with van der Waals surface area (Å²) in [5.41, 5.74) is 3.07. The molecule has 6 nitrogen and oxygen atoms in total. The largest absolute Gasteiger partial charge is 0.338 e. The minimum absolute atomic E-state index is 0.0545. The molecule has 146 valence electrons. The summed E-state index contributed by atoms with van der Waals surface area (Å²) in [6, 6.07) is 9.83.